The Labute approximate surface area is 71.6 Å². The number of thiol groups is 1. The van der Waals surface area contributed by atoms with Crippen LogP contribution in [0.2, 0.25) is 0 Å². The molecule has 11 heavy (non-hydrogen) atoms. The van der Waals surface area contributed by atoms with Crippen molar-refractivity contribution in [2.45, 2.75) is 11.6 Å². The molecule has 4 nitrogen and oxygen atoms in total. The van der Waals surface area contributed by atoms with Crippen LogP contribution in [0.15, 0.2) is 11.2 Å². The van der Waals surface area contributed by atoms with E-state index in [0.717, 1.165) is 18.1 Å². The summed E-state index contributed by atoms with van der Waals surface area (Å²) in [6.45, 7) is 1.79. The van der Waals surface area contributed by atoms with Crippen molar-refractivity contribution in [3.63, 3.8) is 0 Å². The van der Waals surface area contributed by atoms with E-state index in [0.29, 0.717) is 0 Å². The van der Waals surface area contributed by atoms with Gasteiger partial charge in [-0.2, -0.15) is 0 Å². The van der Waals surface area contributed by atoms with Crippen molar-refractivity contribution in [2.75, 3.05) is 20.6 Å². The van der Waals surface area contributed by atoms with Gasteiger partial charge < -0.3 is 4.90 Å². The first-order valence-electron chi connectivity index (χ1n) is 3.42. The van der Waals surface area contributed by atoms with E-state index >= 15 is 0 Å². The van der Waals surface area contributed by atoms with Crippen LogP contribution >= 0.6 is 12.6 Å². The molecular weight excluding hydrogens is 160 g/mol. The Bertz CT molecular complexity index is 220. The van der Waals surface area contributed by atoms with Gasteiger partial charge in [-0.3, -0.25) is 0 Å². The van der Waals surface area contributed by atoms with Gasteiger partial charge in [0, 0.05) is 6.54 Å². The SMILES string of the molecule is CN(C)CCn1nncc1S. The van der Waals surface area contributed by atoms with Crippen molar-refractivity contribution in [3.05, 3.63) is 6.20 Å². The van der Waals surface area contributed by atoms with Crippen LogP contribution in [0, 0.1) is 0 Å². The molecule has 0 N–H and O–H groups in total. The van der Waals surface area contributed by atoms with Crippen molar-refractivity contribution < 1.29 is 0 Å². The van der Waals surface area contributed by atoms with E-state index in [1.165, 1.54) is 0 Å². The third-order valence-electron chi connectivity index (χ3n) is 1.36. The summed E-state index contributed by atoms with van der Waals surface area (Å²) in [5, 5.41) is 8.38. The van der Waals surface area contributed by atoms with E-state index in [-0.39, 0.29) is 0 Å². The number of rotatable bonds is 3. The van der Waals surface area contributed by atoms with Gasteiger partial charge in [0.2, 0.25) is 0 Å². The maximum absolute atomic E-state index is 4.17. The van der Waals surface area contributed by atoms with E-state index in [1.54, 1.807) is 10.9 Å². The zero-order valence-electron chi connectivity index (χ0n) is 6.73. The molecule has 1 aromatic heterocycles. The molecule has 0 bridgehead atoms. The summed E-state index contributed by atoms with van der Waals surface area (Å²) in [6, 6.07) is 0. The average molecular weight is 172 g/mol. The van der Waals surface area contributed by atoms with Crippen LogP contribution in [-0.2, 0) is 6.54 Å². The summed E-state index contributed by atoms with van der Waals surface area (Å²) in [6.07, 6.45) is 1.64. The largest absolute Gasteiger partial charge is 0.308 e. The fourth-order valence-electron chi connectivity index (χ4n) is 0.706. The first-order chi connectivity index (χ1) is 5.20. The van der Waals surface area contributed by atoms with Crippen LogP contribution in [0.3, 0.4) is 0 Å². The van der Waals surface area contributed by atoms with E-state index in [4.69, 9.17) is 0 Å². The van der Waals surface area contributed by atoms with Crippen molar-refractivity contribution in [1.82, 2.24) is 19.9 Å². The Morgan fingerprint density at radius 3 is 2.82 bits per heavy atom. The predicted octanol–water partition coefficient (Wildman–Crippen LogP) is 0.128. The molecule has 0 saturated carbocycles. The summed E-state index contributed by atoms with van der Waals surface area (Å²) in [7, 11) is 4.05. The zero-order chi connectivity index (χ0) is 8.27. The average Bonchev–Trinajstić information content (AvgIpc) is 2.31. The molecule has 0 saturated heterocycles. The van der Waals surface area contributed by atoms with Gasteiger partial charge in [-0.1, -0.05) is 5.21 Å². The van der Waals surface area contributed by atoms with Crippen molar-refractivity contribution in [3.8, 4) is 0 Å². The van der Waals surface area contributed by atoms with Crippen molar-refractivity contribution >= 4 is 12.6 Å². The molecule has 0 aliphatic rings. The molecule has 0 atom stereocenters. The van der Waals surface area contributed by atoms with Gasteiger partial charge in [0.15, 0.2) is 0 Å². The third kappa shape index (κ3) is 2.51. The van der Waals surface area contributed by atoms with Crippen LogP contribution < -0.4 is 0 Å². The number of hydrogen-bond acceptors (Lipinski definition) is 4. The molecule has 0 unspecified atom stereocenters. The maximum atomic E-state index is 4.17. The molecule has 5 heteroatoms. The summed E-state index contributed by atoms with van der Waals surface area (Å²) in [4.78, 5) is 2.09. The summed E-state index contributed by atoms with van der Waals surface area (Å²) in [5.74, 6) is 0. The smallest absolute Gasteiger partial charge is 0.111 e. The highest BCUT2D eigenvalue weighted by Gasteiger charge is 1.98. The zero-order valence-corrected chi connectivity index (χ0v) is 7.62. The highest BCUT2D eigenvalue weighted by molar-refractivity contribution is 7.80. The first kappa shape index (κ1) is 8.55. The normalized spacial score (nSPS) is 10.9. The third-order valence-corrected chi connectivity index (χ3v) is 1.70. The second-order valence-corrected chi connectivity index (χ2v) is 3.08. The second-order valence-electron chi connectivity index (χ2n) is 2.62. The molecule has 62 valence electrons. The molecule has 0 aromatic carbocycles. The van der Waals surface area contributed by atoms with Gasteiger partial charge in [-0.25, -0.2) is 4.68 Å². The van der Waals surface area contributed by atoms with Crippen molar-refractivity contribution in [1.29, 1.82) is 0 Å². The molecule has 0 amide bonds. The van der Waals surface area contributed by atoms with Gasteiger partial charge in [-0.05, 0) is 14.1 Å². The first-order valence-corrected chi connectivity index (χ1v) is 3.87. The fourth-order valence-corrected chi connectivity index (χ4v) is 0.898. The Morgan fingerprint density at radius 1 is 1.64 bits per heavy atom. The Morgan fingerprint density at radius 2 is 2.36 bits per heavy atom. The lowest BCUT2D eigenvalue weighted by Crippen LogP contribution is -2.19. The lowest BCUT2D eigenvalue weighted by atomic mass is 10.6. The van der Waals surface area contributed by atoms with Gasteiger partial charge in [0.25, 0.3) is 0 Å². The molecule has 1 aromatic rings. The quantitative estimate of drug-likeness (QED) is 0.658. The summed E-state index contributed by atoms with van der Waals surface area (Å²) in [5.41, 5.74) is 0. The van der Waals surface area contributed by atoms with Gasteiger partial charge >= 0.3 is 0 Å². The Kier molecular flexibility index (Phi) is 2.90. The maximum Gasteiger partial charge on any atom is 0.111 e. The van der Waals surface area contributed by atoms with Crippen LogP contribution in [0.5, 0.6) is 0 Å². The van der Waals surface area contributed by atoms with Crippen LogP contribution in [0.25, 0.3) is 0 Å². The molecule has 0 aliphatic heterocycles. The minimum Gasteiger partial charge on any atom is -0.308 e. The second kappa shape index (κ2) is 3.73. The number of hydrogen-bond donors (Lipinski definition) is 1. The highest BCUT2D eigenvalue weighted by Crippen LogP contribution is 2.00. The van der Waals surface area contributed by atoms with Gasteiger partial charge in [0.1, 0.15) is 5.03 Å². The summed E-state index contributed by atoms with van der Waals surface area (Å²) < 4.78 is 1.77. The Balaban J connectivity index is 2.44. The Hall–Kier alpha value is -0.550. The lowest BCUT2D eigenvalue weighted by Gasteiger charge is -2.08. The lowest BCUT2D eigenvalue weighted by molar-refractivity contribution is 0.362. The van der Waals surface area contributed by atoms with E-state index in [9.17, 15) is 0 Å². The van der Waals surface area contributed by atoms with Crippen LogP contribution in [-0.4, -0.2) is 40.5 Å². The molecule has 0 spiro atoms. The highest BCUT2D eigenvalue weighted by atomic mass is 32.1. The standard InChI is InChI=1S/C6H12N4S/c1-9(2)3-4-10-6(11)5-7-8-10/h5,11H,3-4H2,1-2H3. The van der Waals surface area contributed by atoms with E-state index < -0.39 is 0 Å². The van der Waals surface area contributed by atoms with E-state index in [1.807, 2.05) is 14.1 Å². The topological polar surface area (TPSA) is 34.0 Å². The molecule has 0 fully saturated rings. The fraction of sp³-hybridized carbons (Fsp3) is 0.667. The van der Waals surface area contributed by atoms with Gasteiger partial charge in [0.05, 0.1) is 12.7 Å². The molecule has 1 rings (SSSR count). The molecule has 1 heterocycles. The summed E-state index contributed by atoms with van der Waals surface area (Å²) >= 11 is 4.17. The van der Waals surface area contributed by atoms with Gasteiger partial charge in [-0.15, -0.1) is 17.7 Å². The minimum atomic E-state index is 0.812. The van der Waals surface area contributed by atoms with Crippen molar-refractivity contribution in [2.24, 2.45) is 0 Å². The number of likely N-dealkylation sites (N-methyl/N-ethyl adjacent to an activating group) is 1. The molecule has 0 radical (unpaired) electrons. The number of nitrogens with zero attached hydrogens (tertiary/aromatic N) is 4. The van der Waals surface area contributed by atoms with Crippen LogP contribution in [0.1, 0.15) is 0 Å². The monoisotopic (exact) mass is 172 g/mol. The number of aromatic nitrogens is 3. The van der Waals surface area contributed by atoms with Crippen LogP contribution in [0.4, 0.5) is 0 Å². The molecule has 0 aliphatic carbocycles. The van der Waals surface area contributed by atoms with E-state index in [2.05, 4.69) is 27.8 Å². The predicted molar refractivity (Wildman–Crippen MR) is 45.8 cm³/mol. The molecular formula is C6H12N4S. The minimum absolute atomic E-state index is 0.812.